The van der Waals surface area contributed by atoms with Crippen molar-refractivity contribution in [3.8, 4) is 22.5 Å². The minimum Gasteiger partial charge on any atom is -0.455 e. The summed E-state index contributed by atoms with van der Waals surface area (Å²) in [6.07, 6.45) is 0. The highest BCUT2D eigenvalue weighted by atomic mass is 19.1. The third kappa shape index (κ3) is 4.92. The van der Waals surface area contributed by atoms with E-state index in [-0.39, 0.29) is 17.6 Å². The van der Waals surface area contributed by atoms with Crippen molar-refractivity contribution in [3.63, 3.8) is 0 Å². The summed E-state index contributed by atoms with van der Waals surface area (Å²) in [7, 11) is 1.56. The van der Waals surface area contributed by atoms with E-state index in [1.807, 2.05) is 68.4 Å². The zero-order valence-electron chi connectivity index (χ0n) is 23.5. The molecule has 0 spiro atoms. The molecule has 1 heterocycles. The number of carbonyl (C=O) groups is 2. The number of furan rings is 1. The second-order valence-corrected chi connectivity index (χ2v) is 10.8. The lowest BCUT2D eigenvalue weighted by Crippen LogP contribution is -2.41. The van der Waals surface area contributed by atoms with Crippen molar-refractivity contribution in [3.05, 3.63) is 132 Å². The average Bonchev–Trinajstić information content (AvgIpc) is 3.39. The van der Waals surface area contributed by atoms with Crippen LogP contribution >= 0.6 is 0 Å². The van der Waals surface area contributed by atoms with E-state index >= 15 is 0 Å². The molecule has 0 aliphatic carbocycles. The highest BCUT2D eigenvalue weighted by molar-refractivity contribution is 6.12. The number of benzene rings is 5. The van der Waals surface area contributed by atoms with Crippen LogP contribution in [0.5, 0.6) is 0 Å². The normalized spacial score (nSPS) is 11.5. The molecule has 5 aromatic carbocycles. The lowest BCUT2D eigenvalue weighted by molar-refractivity contribution is 0.0911. The fourth-order valence-corrected chi connectivity index (χ4v) is 5.47. The molecule has 0 fully saturated rings. The predicted octanol–water partition coefficient (Wildman–Crippen LogP) is 8.08. The summed E-state index contributed by atoms with van der Waals surface area (Å²) in [4.78, 5) is 26.5. The Hall–Kier alpha value is -5.23. The van der Waals surface area contributed by atoms with Gasteiger partial charge in [0.2, 0.25) is 0 Å². The van der Waals surface area contributed by atoms with E-state index in [4.69, 9.17) is 4.42 Å². The van der Waals surface area contributed by atoms with Crippen LogP contribution in [0.15, 0.2) is 114 Å². The molecule has 42 heavy (non-hydrogen) atoms. The SMILES string of the molecule is CNC(=O)c1c(-c2ccc(F)cc2)oc2ccc(-c3cccc(C(=O)NC(C)(C)c4cccc5ccccc45)c3)cc12. The maximum atomic E-state index is 13.6. The second kappa shape index (κ2) is 10.6. The van der Waals surface area contributed by atoms with Gasteiger partial charge in [0.1, 0.15) is 17.2 Å². The first kappa shape index (κ1) is 27.0. The van der Waals surface area contributed by atoms with E-state index in [0.717, 1.165) is 27.5 Å². The Morgan fingerprint density at radius 2 is 1.40 bits per heavy atom. The summed E-state index contributed by atoms with van der Waals surface area (Å²) in [5, 5.41) is 8.74. The molecule has 208 valence electrons. The van der Waals surface area contributed by atoms with Crippen molar-refractivity contribution < 1.29 is 18.4 Å². The molecule has 0 bridgehead atoms. The van der Waals surface area contributed by atoms with Crippen LogP contribution in [0, 0.1) is 5.82 Å². The Kier molecular flexibility index (Phi) is 6.83. The van der Waals surface area contributed by atoms with Crippen LogP contribution in [0.3, 0.4) is 0 Å². The molecule has 0 radical (unpaired) electrons. The molecule has 2 N–H and O–H groups in total. The Morgan fingerprint density at radius 3 is 2.19 bits per heavy atom. The van der Waals surface area contributed by atoms with Crippen LogP contribution in [0.25, 0.3) is 44.2 Å². The number of hydrogen-bond donors (Lipinski definition) is 2. The molecule has 0 atom stereocenters. The van der Waals surface area contributed by atoms with Crippen LogP contribution in [0.1, 0.15) is 40.1 Å². The maximum absolute atomic E-state index is 13.6. The smallest absolute Gasteiger partial charge is 0.255 e. The minimum absolute atomic E-state index is 0.191. The summed E-state index contributed by atoms with van der Waals surface area (Å²) in [5.41, 5.74) is 4.07. The molecule has 2 amide bonds. The Bertz CT molecular complexity index is 1970. The molecule has 1 aromatic heterocycles. The zero-order valence-corrected chi connectivity index (χ0v) is 23.5. The third-order valence-corrected chi connectivity index (χ3v) is 7.60. The summed E-state index contributed by atoms with van der Waals surface area (Å²) < 4.78 is 19.6. The van der Waals surface area contributed by atoms with Crippen LogP contribution in [0.2, 0.25) is 0 Å². The lowest BCUT2D eigenvalue weighted by atomic mass is 9.89. The standard InChI is InChI=1S/C36H29FN2O3/c1-36(2,30-13-7-9-22-8-4-5-12-28(22)30)39-34(40)26-11-6-10-24(20-26)25-16-19-31-29(21-25)32(35(41)38-3)33(42-31)23-14-17-27(37)18-15-23/h4-21H,1-3H3,(H,38,41)(H,39,40). The Balaban J connectivity index is 1.35. The average molecular weight is 557 g/mol. The van der Waals surface area contributed by atoms with Gasteiger partial charge in [-0.05, 0) is 89.8 Å². The van der Waals surface area contributed by atoms with Gasteiger partial charge in [-0.2, -0.15) is 0 Å². The molecule has 6 aromatic rings. The third-order valence-electron chi connectivity index (χ3n) is 7.60. The first-order chi connectivity index (χ1) is 20.2. The maximum Gasteiger partial charge on any atom is 0.255 e. The van der Waals surface area contributed by atoms with Crippen LogP contribution in [0.4, 0.5) is 4.39 Å². The van der Waals surface area contributed by atoms with Gasteiger partial charge in [-0.1, -0.05) is 60.7 Å². The van der Waals surface area contributed by atoms with E-state index in [2.05, 4.69) is 28.8 Å². The number of nitrogens with one attached hydrogen (secondary N) is 2. The largest absolute Gasteiger partial charge is 0.455 e. The summed E-state index contributed by atoms with van der Waals surface area (Å²) in [5.74, 6) is -0.508. The van der Waals surface area contributed by atoms with Crippen molar-refractivity contribution in [2.45, 2.75) is 19.4 Å². The first-order valence-electron chi connectivity index (χ1n) is 13.7. The quantitative estimate of drug-likeness (QED) is 0.218. The molecule has 0 aliphatic rings. The van der Waals surface area contributed by atoms with Gasteiger partial charge in [0.25, 0.3) is 11.8 Å². The van der Waals surface area contributed by atoms with Crippen LogP contribution in [-0.2, 0) is 5.54 Å². The van der Waals surface area contributed by atoms with Gasteiger partial charge in [0, 0.05) is 23.6 Å². The van der Waals surface area contributed by atoms with Crippen molar-refractivity contribution >= 4 is 33.6 Å². The van der Waals surface area contributed by atoms with Gasteiger partial charge in [-0.3, -0.25) is 9.59 Å². The fraction of sp³-hybridized carbons (Fsp3) is 0.111. The summed E-state index contributed by atoms with van der Waals surface area (Å²) >= 11 is 0. The molecule has 6 heteroatoms. The molecule has 5 nitrogen and oxygen atoms in total. The number of halogens is 1. The molecule has 0 aliphatic heterocycles. The first-order valence-corrected chi connectivity index (χ1v) is 13.7. The van der Waals surface area contributed by atoms with E-state index in [0.29, 0.717) is 33.4 Å². The molecule has 0 saturated carbocycles. The Labute approximate surface area is 243 Å². The van der Waals surface area contributed by atoms with Gasteiger partial charge < -0.3 is 15.1 Å². The van der Waals surface area contributed by atoms with Crippen molar-refractivity contribution in [2.24, 2.45) is 0 Å². The lowest BCUT2D eigenvalue weighted by Gasteiger charge is -2.28. The number of fused-ring (bicyclic) bond motifs is 2. The highest BCUT2D eigenvalue weighted by Gasteiger charge is 2.26. The van der Waals surface area contributed by atoms with Gasteiger partial charge in [-0.25, -0.2) is 4.39 Å². The van der Waals surface area contributed by atoms with E-state index in [1.165, 1.54) is 12.1 Å². The van der Waals surface area contributed by atoms with Gasteiger partial charge in [-0.15, -0.1) is 0 Å². The molecular weight excluding hydrogens is 527 g/mol. The van der Waals surface area contributed by atoms with Crippen LogP contribution in [-0.4, -0.2) is 18.9 Å². The topological polar surface area (TPSA) is 71.3 Å². The minimum atomic E-state index is -0.622. The molecule has 6 rings (SSSR count). The van der Waals surface area contributed by atoms with E-state index in [1.54, 1.807) is 31.3 Å². The highest BCUT2D eigenvalue weighted by Crippen LogP contribution is 2.36. The van der Waals surface area contributed by atoms with Crippen molar-refractivity contribution in [1.82, 2.24) is 10.6 Å². The monoisotopic (exact) mass is 556 g/mol. The number of carbonyl (C=O) groups excluding carboxylic acids is 2. The number of hydrogen-bond acceptors (Lipinski definition) is 3. The van der Waals surface area contributed by atoms with Crippen molar-refractivity contribution in [2.75, 3.05) is 7.05 Å². The van der Waals surface area contributed by atoms with Crippen LogP contribution < -0.4 is 10.6 Å². The fourth-order valence-electron chi connectivity index (χ4n) is 5.47. The van der Waals surface area contributed by atoms with Gasteiger partial charge in [0.15, 0.2) is 0 Å². The second-order valence-electron chi connectivity index (χ2n) is 10.8. The van der Waals surface area contributed by atoms with Gasteiger partial charge in [0.05, 0.1) is 11.1 Å². The molecule has 0 unspecified atom stereocenters. The number of amides is 2. The summed E-state index contributed by atoms with van der Waals surface area (Å²) in [6.45, 7) is 4.00. The molecule has 0 saturated heterocycles. The Morgan fingerprint density at radius 1 is 0.714 bits per heavy atom. The van der Waals surface area contributed by atoms with E-state index < -0.39 is 5.54 Å². The van der Waals surface area contributed by atoms with E-state index in [9.17, 15) is 14.0 Å². The predicted molar refractivity (Wildman–Crippen MR) is 165 cm³/mol. The summed E-state index contributed by atoms with van der Waals surface area (Å²) in [6, 6.07) is 33.1. The number of rotatable bonds is 6. The van der Waals surface area contributed by atoms with Crippen molar-refractivity contribution in [1.29, 1.82) is 0 Å². The van der Waals surface area contributed by atoms with Gasteiger partial charge >= 0.3 is 0 Å². The zero-order chi connectivity index (χ0) is 29.4. The molecular formula is C36H29FN2O3.